The molecule has 2 unspecified atom stereocenters. The van der Waals surface area contributed by atoms with Gasteiger partial charge < -0.3 is 20.5 Å². The first-order valence-electron chi connectivity index (χ1n) is 7.86. The summed E-state index contributed by atoms with van der Waals surface area (Å²) in [5.74, 6) is 0.799. The number of aliphatic hydroxyl groups excluding tert-OH is 1. The second-order valence-electron chi connectivity index (χ2n) is 5.71. The Labute approximate surface area is 133 Å². The molecule has 0 saturated heterocycles. The van der Waals surface area contributed by atoms with E-state index in [9.17, 15) is 4.79 Å². The molecule has 0 aliphatic heterocycles. The number of nitrogens with one attached hydrogen (secondary N) is 2. The number of carbonyl (C=O) groups excluding carboxylic acids is 1. The van der Waals surface area contributed by atoms with Gasteiger partial charge in [-0.15, -0.1) is 0 Å². The summed E-state index contributed by atoms with van der Waals surface area (Å²) in [7, 11) is 0. The van der Waals surface area contributed by atoms with Gasteiger partial charge in [-0.05, 0) is 51.3 Å². The van der Waals surface area contributed by atoms with Crippen molar-refractivity contribution in [1.29, 1.82) is 0 Å². The fraction of sp³-hybridized carbons (Fsp3) is 0.588. The van der Waals surface area contributed by atoms with Crippen LogP contribution in [-0.4, -0.2) is 29.9 Å². The fourth-order valence-electron chi connectivity index (χ4n) is 2.20. The van der Waals surface area contributed by atoms with E-state index < -0.39 is 5.54 Å². The highest BCUT2D eigenvalue weighted by molar-refractivity contribution is 5.75. The minimum atomic E-state index is -0.397. The number of hydrogen-bond acceptors (Lipinski definition) is 3. The third-order valence-corrected chi connectivity index (χ3v) is 3.88. The van der Waals surface area contributed by atoms with Crippen LogP contribution in [0.15, 0.2) is 24.3 Å². The highest BCUT2D eigenvalue weighted by Crippen LogP contribution is 2.19. The van der Waals surface area contributed by atoms with Crippen molar-refractivity contribution in [3.63, 3.8) is 0 Å². The van der Waals surface area contributed by atoms with Crippen molar-refractivity contribution >= 4 is 6.03 Å². The maximum atomic E-state index is 12.2. The maximum absolute atomic E-state index is 12.2. The normalized spacial score (nSPS) is 14.8. The summed E-state index contributed by atoms with van der Waals surface area (Å²) in [4.78, 5) is 12.2. The van der Waals surface area contributed by atoms with Gasteiger partial charge in [0.05, 0.1) is 12.6 Å². The van der Waals surface area contributed by atoms with E-state index >= 15 is 0 Å². The highest BCUT2D eigenvalue weighted by Gasteiger charge is 2.24. The van der Waals surface area contributed by atoms with Crippen molar-refractivity contribution in [2.45, 2.75) is 52.1 Å². The lowest BCUT2D eigenvalue weighted by Gasteiger charge is -2.30. The lowest BCUT2D eigenvalue weighted by molar-refractivity contribution is 0.199. The molecular formula is C17H28N2O3. The smallest absolute Gasteiger partial charge is 0.315 e. The van der Waals surface area contributed by atoms with Crippen molar-refractivity contribution in [2.24, 2.45) is 0 Å². The van der Waals surface area contributed by atoms with Crippen LogP contribution < -0.4 is 15.4 Å². The maximum Gasteiger partial charge on any atom is 0.315 e. The molecule has 0 spiro atoms. The van der Waals surface area contributed by atoms with E-state index in [4.69, 9.17) is 9.84 Å². The Morgan fingerprint density at radius 2 is 2.14 bits per heavy atom. The second-order valence-corrected chi connectivity index (χ2v) is 5.71. The van der Waals surface area contributed by atoms with Crippen molar-refractivity contribution in [3.8, 4) is 5.75 Å². The van der Waals surface area contributed by atoms with Gasteiger partial charge in [0.15, 0.2) is 0 Å². The van der Waals surface area contributed by atoms with E-state index in [-0.39, 0.29) is 18.7 Å². The van der Waals surface area contributed by atoms with Crippen LogP contribution in [0, 0.1) is 0 Å². The van der Waals surface area contributed by atoms with Crippen LogP contribution in [0.4, 0.5) is 4.79 Å². The van der Waals surface area contributed by atoms with Crippen molar-refractivity contribution in [2.75, 3.05) is 13.2 Å². The predicted octanol–water partition coefficient (Wildman–Crippen LogP) is 3.00. The van der Waals surface area contributed by atoms with Crippen LogP contribution in [0.1, 0.15) is 52.1 Å². The van der Waals surface area contributed by atoms with Gasteiger partial charge in [0, 0.05) is 12.1 Å². The molecule has 0 bridgehead atoms. The molecule has 3 N–H and O–H groups in total. The zero-order valence-corrected chi connectivity index (χ0v) is 14.0. The summed E-state index contributed by atoms with van der Waals surface area (Å²) in [6.07, 6.45) is 1.29. The fourth-order valence-corrected chi connectivity index (χ4v) is 2.20. The highest BCUT2D eigenvalue weighted by atomic mass is 16.5. The topological polar surface area (TPSA) is 70.6 Å². The van der Waals surface area contributed by atoms with E-state index in [2.05, 4.69) is 10.6 Å². The molecule has 1 aromatic carbocycles. The van der Waals surface area contributed by atoms with Crippen molar-refractivity contribution < 1.29 is 14.6 Å². The molecule has 0 fully saturated rings. The third-order valence-electron chi connectivity index (χ3n) is 3.88. The van der Waals surface area contributed by atoms with Crippen LogP contribution in [0.25, 0.3) is 0 Å². The minimum absolute atomic E-state index is 0.0522. The van der Waals surface area contributed by atoms with Gasteiger partial charge in [-0.25, -0.2) is 4.79 Å². The molecule has 124 valence electrons. The van der Waals surface area contributed by atoms with Crippen LogP contribution >= 0.6 is 0 Å². The minimum Gasteiger partial charge on any atom is -0.494 e. The summed E-state index contributed by atoms with van der Waals surface area (Å²) in [5.41, 5.74) is 0.590. The summed E-state index contributed by atoms with van der Waals surface area (Å²) in [6, 6.07) is 7.34. The van der Waals surface area contributed by atoms with Crippen LogP contribution in [0.5, 0.6) is 5.75 Å². The molecule has 1 aromatic rings. The van der Waals surface area contributed by atoms with Gasteiger partial charge in [-0.3, -0.25) is 0 Å². The number of benzene rings is 1. The van der Waals surface area contributed by atoms with Gasteiger partial charge in [0.1, 0.15) is 5.75 Å². The Morgan fingerprint density at radius 3 is 2.73 bits per heavy atom. The average Bonchev–Trinajstić information content (AvgIpc) is 2.48. The van der Waals surface area contributed by atoms with E-state index in [0.29, 0.717) is 13.0 Å². The number of carbonyl (C=O) groups is 1. The average molecular weight is 308 g/mol. The Kier molecular flexibility index (Phi) is 7.18. The first-order valence-corrected chi connectivity index (χ1v) is 7.86. The summed E-state index contributed by atoms with van der Waals surface area (Å²) in [5, 5.41) is 15.0. The first kappa shape index (κ1) is 18.3. The van der Waals surface area contributed by atoms with E-state index in [1.54, 1.807) is 0 Å². The molecule has 5 nitrogen and oxygen atoms in total. The number of amides is 2. The SMILES string of the molecule is CCOc1cccc(C(C)NC(=O)NC(C)(CC)CCO)c1. The lowest BCUT2D eigenvalue weighted by Crippen LogP contribution is -2.50. The molecule has 0 radical (unpaired) electrons. The summed E-state index contributed by atoms with van der Waals surface area (Å²) in [6.45, 7) is 8.46. The number of urea groups is 1. The number of rotatable bonds is 8. The Bertz CT molecular complexity index is 479. The van der Waals surface area contributed by atoms with Gasteiger partial charge in [0.2, 0.25) is 0 Å². The van der Waals surface area contributed by atoms with Crippen LogP contribution in [0.3, 0.4) is 0 Å². The number of hydrogen-bond donors (Lipinski definition) is 3. The Balaban J connectivity index is 2.65. The van der Waals surface area contributed by atoms with Gasteiger partial charge in [0.25, 0.3) is 0 Å². The van der Waals surface area contributed by atoms with Crippen molar-refractivity contribution in [1.82, 2.24) is 10.6 Å². The molecular weight excluding hydrogens is 280 g/mol. The van der Waals surface area contributed by atoms with Crippen molar-refractivity contribution in [3.05, 3.63) is 29.8 Å². The first-order chi connectivity index (χ1) is 10.4. The van der Waals surface area contributed by atoms with E-state index in [1.807, 2.05) is 52.0 Å². The molecule has 0 saturated carbocycles. The molecule has 0 aliphatic rings. The molecule has 5 heteroatoms. The molecule has 0 heterocycles. The zero-order chi connectivity index (χ0) is 16.6. The predicted molar refractivity (Wildman–Crippen MR) is 88.1 cm³/mol. The largest absolute Gasteiger partial charge is 0.494 e. The summed E-state index contributed by atoms with van der Waals surface area (Å²) < 4.78 is 5.48. The van der Waals surface area contributed by atoms with Gasteiger partial charge in [-0.1, -0.05) is 19.1 Å². The molecule has 22 heavy (non-hydrogen) atoms. The van der Waals surface area contributed by atoms with Crippen LogP contribution in [0.2, 0.25) is 0 Å². The number of ether oxygens (including phenoxy) is 1. The molecule has 1 rings (SSSR count). The third kappa shape index (κ3) is 5.56. The second kappa shape index (κ2) is 8.63. The monoisotopic (exact) mass is 308 g/mol. The Morgan fingerprint density at radius 1 is 1.41 bits per heavy atom. The van der Waals surface area contributed by atoms with Gasteiger partial charge >= 0.3 is 6.03 Å². The van der Waals surface area contributed by atoms with E-state index in [0.717, 1.165) is 17.7 Å². The Hall–Kier alpha value is -1.75. The quantitative estimate of drug-likeness (QED) is 0.691. The van der Waals surface area contributed by atoms with Crippen LogP contribution in [-0.2, 0) is 0 Å². The molecule has 2 amide bonds. The summed E-state index contributed by atoms with van der Waals surface area (Å²) >= 11 is 0. The molecule has 2 atom stereocenters. The molecule has 0 aliphatic carbocycles. The zero-order valence-electron chi connectivity index (χ0n) is 14.0. The molecule has 0 aromatic heterocycles. The van der Waals surface area contributed by atoms with E-state index in [1.165, 1.54) is 0 Å². The van der Waals surface area contributed by atoms with Gasteiger partial charge in [-0.2, -0.15) is 0 Å². The standard InChI is InChI=1S/C17H28N2O3/c1-5-17(4,10-11-20)19-16(21)18-13(3)14-8-7-9-15(12-14)22-6-2/h7-9,12-13,20H,5-6,10-11H2,1-4H3,(H2,18,19,21). The lowest BCUT2D eigenvalue weighted by atomic mass is 9.95. The number of aliphatic hydroxyl groups is 1.